The summed E-state index contributed by atoms with van der Waals surface area (Å²) in [5.74, 6) is -0.372. The van der Waals surface area contributed by atoms with Gasteiger partial charge in [-0.15, -0.1) is 0 Å². The first-order valence-corrected chi connectivity index (χ1v) is 6.31. The molecule has 2 heterocycles. The van der Waals surface area contributed by atoms with Crippen molar-refractivity contribution >= 4 is 5.97 Å². The van der Waals surface area contributed by atoms with E-state index in [0.717, 1.165) is 24.1 Å². The summed E-state index contributed by atoms with van der Waals surface area (Å²) in [6, 6.07) is 7.18. The van der Waals surface area contributed by atoms with E-state index in [1.54, 1.807) is 12.1 Å². The molecule has 5 heteroatoms. The fourth-order valence-electron chi connectivity index (χ4n) is 2.49. The summed E-state index contributed by atoms with van der Waals surface area (Å²) in [5, 5.41) is 5.44. The highest BCUT2D eigenvalue weighted by molar-refractivity contribution is 5.94. The van der Waals surface area contributed by atoms with Crippen molar-refractivity contribution in [3.8, 4) is 0 Å². The maximum absolute atomic E-state index is 11.9. The Hall–Kier alpha value is -2.30. The Morgan fingerprint density at radius 2 is 2.00 bits per heavy atom. The second-order valence-corrected chi connectivity index (χ2v) is 4.59. The second kappa shape index (κ2) is 4.42. The van der Waals surface area contributed by atoms with Crippen molar-refractivity contribution in [2.24, 2.45) is 0 Å². The minimum Gasteiger partial charge on any atom is -0.449 e. The van der Waals surface area contributed by atoms with Crippen LogP contribution < -0.4 is 5.56 Å². The average Bonchev–Trinajstić information content (AvgIpc) is 2.92. The van der Waals surface area contributed by atoms with Crippen LogP contribution in [0.1, 0.15) is 46.6 Å². The number of carbonyl (C=O) groups is 1. The number of carbonyl (C=O) groups excluding carboxylic acids is 1. The van der Waals surface area contributed by atoms with Crippen LogP contribution in [-0.2, 0) is 11.2 Å². The van der Waals surface area contributed by atoms with Crippen molar-refractivity contribution in [2.45, 2.75) is 25.9 Å². The summed E-state index contributed by atoms with van der Waals surface area (Å²) in [5.41, 5.74) is 2.39. The van der Waals surface area contributed by atoms with Crippen LogP contribution in [0.25, 0.3) is 0 Å². The third-order valence-electron chi connectivity index (χ3n) is 3.35. The van der Waals surface area contributed by atoms with E-state index >= 15 is 0 Å². The monoisotopic (exact) mass is 258 g/mol. The number of fused-ring (bicyclic) bond motifs is 1. The molecule has 0 amide bonds. The zero-order chi connectivity index (χ0) is 13.4. The Kier molecular flexibility index (Phi) is 2.74. The number of ether oxygens (including phenoxy) is 1. The average molecular weight is 258 g/mol. The van der Waals surface area contributed by atoms with Crippen molar-refractivity contribution in [3.63, 3.8) is 0 Å². The molecular formula is C14H14N2O3. The number of aryl methyl sites for hydroxylation is 1. The molecule has 98 valence electrons. The third-order valence-corrected chi connectivity index (χ3v) is 3.35. The number of hydrogen-bond donors (Lipinski definition) is 2. The molecule has 1 aromatic carbocycles. The standard InChI is InChI=1S/C14H14N2O3/c1-2-5-10-11(13(17)16-15-10)12-8-6-3-4-7-9(8)14(18)19-12/h3-4,6-7,12H,2,5H2,1H3,(H2,15,16,17). The van der Waals surface area contributed by atoms with Gasteiger partial charge in [0.15, 0.2) is 6.10 Å². The van der Waals surface area contributed by atoms with Gasteiger partial charge in [0.05, 0.1) is 11.1 Å². The minimum atomic E-state index is -0.597. The zero-order valence-electron chi connectivity index (χ0n) is 10.5. The molecule has 1 aromatic heterocycles. The Balaban J connectivity index is 2.12. The summed E-state index contributed by atoms with van der Waals surface area (Å²) >= 11 is 0. The summed E-state index contributed by atoms with van der Waals surface area (Å²) in [6.07, 6.45) is 1.05. The van der Waals surface area contributed by atoms with E-state index in [2.05, 4.69) is 10.2 Å². The molecule has 0 aliphatic carbocycles. The number of aromatic amines is 2. The van der Waals surface area contributed by atoms with Gasteiger partial charge in [0.2, 0.25) is 0 Å². The van der Waals surface area contributed by atoms with Gasteiger partial charge in [0.25, 0.3) is 5.56 Å². The van der Waals surface area contributed by atoms with Gasteiger partial charge >= 0.3 is 5.97 Å². The van der Waals surface area contributed by atoms with Crippen LogP contribution in [0.4, 0.5) is 0 Å². The number of esters is 1. The Morgan fingerprint density at radius 3 is 2.79 bits per heavy atom. The van der Waals surface area contributed by atoms with E-state index in [9.17, 15) is 9.59 Å². The van der Waals surface area contributed by atoms with Crippen molar-refractivity contribution in [1.82, 2.24) is 10.2 Å². The Morgan fingerprint density at radius 1 is 1.21 bits per heavy atom. The highest BCUT2D eigenvalue weighted by atomic mass is 16.5. The highest BCUT2D eigenvalue weighted by Crippen LogP contribution is 2.35. The van der Waals surface area contributed by atoms with Crippen LogP contribution in [-0.4, -0.2) is 16.2 Å². The largest absolute Gasteiger partial charge is 0.449 e. The van der Waals surface area contributed by atoms with Gasteiger partial charge in [-0.2, -0.15) is 0 Å². The molecule has 0 spiro atoms. The lowest BCUT2D eigenvalue weighted by molar-refractivity contribution is 0.0453. The minimum absolute atomic E-state index is 0.224. The van der Waals surface area contributed by atoms with Gasteiger partial charge in [0, 0.05) is 11.3 Å². The first-order chi connectivity index (χ1) is 9.22. The summed E-state index contributed by atoms with van der Waals surface area (Å²) in [7, 11) is 0. The summed E-state index contributed by atoms with van der Waals surface area (Å²) in [6.45, 7) is 2.03. The van der Waals surface area contributed by atoms with Crippen LogP contribution >= 0.6 is 0 Å². The fourth-order valence-corrected chi connectivity index (χ4v) is 2.49. The normalized spacial score (nSPS) is 17.3. The molecule has 3 rings (SSSR count). The molecule has 0 radical (unpaired) electrons. The van der Waals surface area contributed by atoms with Crippen molar-refractivity contribution in [1.29, 1.82) is 0 Å². The Bertz CT molecular complexity index is 684. The van der Waals surface area contributed by atoms with Gasteiger partial charge in [-0.1, -0.05) is 31.5 Å². The maximum atomic E-state index is 11.9. The van der Waals surface area contributed by atoms with E-state index in [0.29, 0.717) is 11.1 Å². The molecule has 1 aliphatic heterocycles. The first-order valence-electron chi connectivity index (χ1n) is 6.31. The molecule has 0 saturated carbocycles. The van der Waals surface area contributed by atoms with E-state index in [1.807, 2.05) is 19.1 Å². The molecular weight excluding hydrogens is 244 g/mol. The smallest absolute Gasteiger partial charge is 0.339 e. The van der Waals surface area contributed by atoms with Crippen molar-refractivity contribution in [3.05, 3.63) is 57.0 Å². The summed E-state index contributed by atoms with van der Waals surface area (Å²) in [4.78, 5) is 23.7. The molecule has 5 nitrogen and oxygen atoms in total. The number of hydrogen-bond acceptors (Lipinski definition) is 3. The highest BCUT2D eigenvalue weighted by Gasteiger charge is 2.35. The van der Waals surface area contributed by atoms with Crippen LogP contribution in [0.15, 0.2) is 29.1 Å². The van der Waals surface area contributed by atoms with E-state index in [1.165, 1.54) is 0 Å². The number of benzene rings is 1. The lowest BCUT2D eigenvalue weighted by atomic mass is 9.98. The van der Waals surface area contributed by atoms with Crippen LogP contribution in [0.5, 0.6) is 0 Å². The molecule has 0 fully saturated rings. The maximum Gasteiger partial charge on any atom is 0.339 e. The lowest BCUT2D eigenvalue weighted by Gasteiger charge is -2.09. The SMILES string of the molecule is CCCc1[nH][nH]c(=O)c1C1OC(=O)c2ccccc21. The number of aromatic nitrogens is 2. The molecule has 2 aromatic rings. The van der Waals surface area contributed by atoms with Crippen LogP contribution in [0, 0.1) is 0 Å². The van der Waals surface area contributed by atoms with E-state index < -0.39 is 6.10 Å². The molecule has 0 bridgehead atoms. The van der Waals surface area contributed by atoms with Gasteiger partial charge < -0.3 is 9.84 Å². The zero-order valence-corrected chi connectivity index (χ0v) is 10.5. The molecule has 1 aliphatic rings. The lowest BCUT2D eigenvalue weighted by Crippen LogP contribution is -2.13. The third kappa shape index (κ3) is 1.78. The summed E-state index contributed by atoms with van der Waals surface area (Å²) < 4.78 is 5.37. The van der Waals surface area contributed by atoms with Crippen molar-refractivity contribution < 1.29 is 9.53 Å². The van der Waals surface area contributed by atoms with Gasteiger partial charge in [0.1, 0.15) is 0 Å². The quantitative estimate of drug-likeness (QED) is 0.826. The first kappa shape index (κ1) is 11.8. The van der Waals surface area contributed by atoms with Crippen LogP contribution in [0.2, 0.25) is 0 Å². The molecule has 1 atom stereocenters. The topological polar surface area (TPSA) is 74.9 Å². The van der Waals surface area contributed by atoms with E-state index in [4.69, 9.17) is 4.74 Å². The number of H-pyrrole nitrogens is 2. The number of rotatable bonds is 3. The van der Waals surface area contributed by atoms with Gasteiger partial charge in [-0.3, -0.25) is 9.89 Å². The predicted molar refractivity (Wildman–Crippen MR) is 69.1 cm³/mol. The molecule has 1 unspecified atom stereocenters. The number of cyclic esters (lactones) is 1. The Labute approximate surface area is 109 Å². The van der Waals surface area contributed by atoms with E-state index in [-0.39, 0.29) is 11.5 Å². The predicted octanol–water partition coefficient (Wildman–Crippen LogP) is 1.92. The van der Waals surface area contributed by atoms with Crippen molar-refractivity contribution in [2.75, 3.05) is 0 Å². The van der Waals surface area contributed by atoms with Crippen LogP contribution in [0.3, 0.4) is 0 Å². The fraction of sp³-hybridized carbons (Fsp3) is 0.286. The molecule has 2 N–H and O–H groups in total. The molecule has 0 saturated heterocycles. The van der Waals surface area contributed by atoms with Gasteiger partial charge in [-0.05, 0) is 12.5 Å². The number of nitrogens with one attached hydrogen (secondary N) is 2. The second-order valence-electron chi connectivity index (χ2n) is 4.59. The molecule has 19 heavy (non-hydrogen) atoms. The van der Waals surface area contributed by atoms with Gasteiger partial charge in [-0.25, -0.2) is 4.79 Å².